The molecule has 0 fully saturated rings. The standard InChI is InChI=1S/C22H29N3.3ClH/c23-12-5-6-13-24-14-7-15-25-17-22-20-10-3-1-8-18(20)16-19-9-2-4-11-21(19)22;;;/h1-4,8-11,16,24-25H,5-7,12-15,17,23H2;3*1H. The maximum absolute atomic E-state index is 3.90. The number of halogens is 3. The summed E-state index contributed by atoms with van der Waals surface area (Å²) in [7, 11) is 0. The molecule has 0 saturated heterocycles. The largest absolute Gasteiger partial charge is 1.00 e. The quantitative estimate of drug-likeness (QED) is 0.206. The summed E-state index contributed by atoms with van der Waals surface area (Å²) in [5, 5.41) is 10.4. The molecular formula is C22H32Cl3N3. The van der Waals surface area contributed by atoms with Crippen molar-refractivity contribution in [2.45, 2.75) is 25.8 Å². The predicted molar refractivity (Wildman–Crippen MR) is 105 cm³/mol. The van der Waals surface area contributed by atoms with Crippen molar-refractivity contribution >= 4 is 21.5 Å². The Balaban J connectivity index is 0.00000243. The molecule has 7 N–H and O–H groups in total. The highest BCUT2D eigenvalue weighted by atomic mass is 35.5. The van der Waals surface area contributed by atoms with Crippen molar-refractivity contribution in [2.24, 2.45) is 0 Å². The lowest BCUT2D eigenvalue weighted by Crippen LogP contribution is -3.00. The first-order valence-electron chi connectivity index (χ1n) is 9.72. The Morgan fingerprint density at radius 3 is 1.79 bits per heavy atom. The Labute approximate surface area is 187 Å². The molecule has 28 heavy (non-hydrogen) atoms. The zero-order chi connectivity index (χ0) is 17.3. The number of fused-ring (bicyclic) bond motifs is 2. The highest BCUT2D eigenvalue weighted by molar-refractivity contribution is 6.02. The molecule has 0 unspecified atom stereocenters. The van der Waals surface area contributed by atoms with Crippen LogP contribution < -0.4 is 53.6 Å². The van der Waals surface area contributed by atoms with Gasteiger partial charge in [0.2, 0.25) is 0 Å². The molecule has 0 amide bonds. The molecule has 0 aliphatic rings. The summed E-state index contributed by atoms with van der Waals surface area (Å²) < 4.78 is 0. The van der Waals surface area contributed by atoms with Gasteiger partial charge in [-0.25, -0.2) is 0 Å². The van der Waals surface area contributed by atoms with Crippen LogP contribution in [-0.2, 0) is 6.54 Å². The Bertz CT molecular complexity index is 757. The second-order valence-corrected chi connectivity index (χ2v) is 6.86. The van der Waals surface area contributed by atoms with Crippen molar-refractivity contribution < 1.29 is 53.6 Å². The van der Waals surface area contributed by atoms with Gasteiger partial charge in [-0.1, -0.05) is 48.5 Å². The van der Waals surface area contributed by atoms with E-state index in [-0.39, 0.29) is 37.2 Å². The molecule has 0 spiro atoms. The second-order valence-electron chi connectivity index (χ2n) is 6.86. The van der Waals surface area contributed by atoms with Gasteiger partial charge in [-0.05, 0) is 27.6 Å². The number of hydrogen-bond donors (Lipinski definition) is 3. The summed E-state index contributed by atoms with van der Waals surface area (Å²) in [6.07, 6.45) is 3.83. The van der Waals surface area contributed by atoms with Crippen molar-refractivity contribution in [1.82, 2.24) is 0 Å². The van der Waals surface area contributed by atoms with Crippen LogP contribution in [0.25, 0.3) is 21.5 Å². The fourth-order valence-electron chi connectivity index (χ4n) is 3.59. The Morgan fingerprint density at radius 2 is 1.18 bits per heavy atom. The van der Waals surface area contributed by atoms with E-state index in [0.29, 0.717) is 0 Å². The van der Waals surface area contributed by atoms with Crippen LogP contribution in [0.15, 0.2) is 54.6 Å². The van der Waals surface area contributed by atoms with Crippen LogP contribution >= 0.6 is 0 Å². The van der Waals surface area contributed by atoms with Crippen molar-refractivity contribution in [1.29, 1.82) is 0 Å². The summed E-state index contributed by atoms with van der Waals surface area (Å²) in [6, 6.07) is 19.9. The number of rotatable bonds is 10. The van der Waals surface area contributed by atoms with E-state index in [1.807, 2.05) is 0 Å². The highest BCUT2D eigenvalue weighted by Gasteiger charge is 2.08. The first-order valence-corrected chi connectivity index (χ1v) is 9.72. The lowest BCUT2D eigenvalue weighted by Gasteiger charge is -2.10. The molecule has 0 heterocycles. The molecule has 3 aromatic carbocycles. The Kier molecular flexibility index (Phi) is 14.3. The number of quaternary nitrogens is 3. The summed E-state index contributed by atoms with van der Waals surface area (Å²) in [5.74, 6) is 0. The van der Waals surface area contributed by atoms with Crippen molar-refractivity contribution in [2.75, 3.05) is 26.2 Å². The summed E-state index contributed by atoms with van der Waals surface area (Å²) in [5.41, 5.74) is 5.38. The van der Waals surface area contributed by atoms with Gasteiger partial charge in [0.1, 0.15) is 6.54 Å². The van der Waals surface area contributed by atoms with Gasteiger partial charge in [0.15, 0.2) is 0 Å². The van der Waals surface area contributed by atoms with Gasteiger partial charge in [0, 0.05) is 24.8 Å². The Morgan fingerprint density at radius 1 is 0.643 bits per heavy atom. The minimum atomic E-state index is 0. The maximum atomic E-state index is 3.90. The molecule has 3 nitrogen and oxygen atoms in total. The van der Waals surface area contributed by atoms with E-state index in [0.717, 1.165) is 13.1 Å². The van der Waals surface area contributed by atoms with Crippen LogP contribution in [0.3, 0.4) is 0 Å². The van der Waals surface area contributed by atoms with Gasteiger partial charge in [-0.15, -0.1) is 0 Å². The van der Waals surface area contributed by atoms with Gasteiger partial charge in [-0.2, -0.15) is 0 Å². The molecule has 156 valence electrons. The lowest BCUT2D eigenvalue weighted by molar-refractivity contribution is -0.689. The zero-order valence-corrected chi connectivity index (χ0v) is 18.6. The first-order chi connectivity index (χ1) is 12.4. The summed E-state index contributed by atoms with van der Waals surface area (Å²) in [4.78, 5) is 0. The maximum Gasteiger partial charge on any atom is 0.102 e. The van der Waals surface area contributed by atoms with Gasteiger partial charge in [-0.3, -0.25) is 0 Å². The third-order valence-electron chi connectivity index (χ3n) is 4.96. The van der Waals surface area contributed by atoms with Crippen LogP contribution in [0.4, 0.5) is 0 Å². The average molecular weight is 445 g/mol. The molecule has 3 aromatic rings. The fourth-order valence-corrected chi connectivity index (χ4v) is 3.59. The van der Waals surface area contributed by atoms with Crippen molar-refractivity contribution in [3.8, 4) is 0 Å². The molecule has 6 heteroatoms. The van der Waals surface area contributed by atoms with Gasteiger partial charge in [0.25, 0.3) is 0 Å². The van der Waals surface area contributed by atoms with E-state index in [1.54, 1.807) is 0 Å². The van der Waals surface area contributed by atoms with Crippen molar-refractivity contribution in [3.63, 3.8) is 0 Å². The SMILES string of the molecule is [Cl-].[Cl-].[Cl-].[NH3+]CCCC[NH2+]CCC[NH2+]Cc1c2ccccc2cc2ccccc12. The fraction of sp³-hybridized carbons (Fsp3) is 0.364. The van der Waals surface area contributed by atoms with Gasteiger partial charge in [0.05, 0.1) is 26.2 Å². The predicted octanol–water partition coefficient (Wildman–Crippen LogP) is -7.96. The molecule has 3 rings (SSSR count). The summed E-state index contributed by atoms with van der Waals surface area (Å²) in [6.45, 7) is 5.82. The molecule has 0 aliphatic carbocycles. The third-order valence-corrected chi connectivity index (χ3v) is 4.96. The highest BCUT2D eigenvalue weighted by Crippen LogP contribution is 2.27. The van der Waals surface area contributed by atoms with Gasteiger partial charge >= 0.3 is 0 Å². The van der Waals surface area contributed by atoms with E-state index in [2.05, 4.69) is 71.0 Å². The molecule has 0 saturated carbocycles. The van der Waals surface area contributed by atoms with Crippen LogP contribution in [0.2, 0.25) is 0 Å². The minimum Gasteiger partial charge on any atom is -1.00 e. The van der Waals surface area contributed by atoms with E-state index >= 15 is 0 Å². The normalized spacial score (nSPS) is 10.2. The molecule has 0 radical (unpaired) electrons. The number of unbranched alkanes of at least 4 members (excludes halogenated alkanes) is 1. The second kappa shape index (κ2) is 14.9. The van der Waals surface area contributed by atoms with E-state index < -0.39 is 0 Å². The van der Waals surface area contributed by atoms with Crippen LogP contribution in [0.5, 0.6) is 0 Å². The van der Waals surface area contributed by atoms with Crippen molar-refractivity contribution in [3.05, 3.63) is 60.2 Å². The van der Waals surface area contributed by atoms with Crippen LogP contribution in [0, 0.1) is 0 Å². The average Bonchev–Trinajstić information content (AvgIpc) is 2.66. The topological polar surface area (TPSA) is 60.9 Å². The molecular weight excluding hydrogens is 413 g/mol. The van der Waals surface area contributed by atoms with E-state index in [4.69, 9.17) is 0 Å². The first kappa shape index (κ1) is 26.9. The summed E-state index contributed by atoms with van der Waals surface area (Å²) >= 11 is 0. The molecule has 0 aromatic heterocycles. The van der Waals surface area contributed by atoms with Gasteiger partial charge < -0.3 is 53.6 Å². The number of hydrogen-bond acceptors (Lipinski definition) is 0. The van der Waals surface area contributed by atoms with E-state index in [9.17, 15) is 0 Å². The zero-order valence-electron chi connectivity index (χ0n) is 16.3. The minimum absolute atomic E-state index is 0. The van der Waals surface area contributed by atoms with Crippen LogP contribution in [0.1, 0.15) is 24.8 Å². The third kappa shape index (κ3) is 7.40. The van der Waals surface area contributed by atoms with Crippen LogP contribution in [-0.4, -0.2) is 26.2 Å². The monoisotopic (exact) mass is 443 g/mol. The Hall–Kier alpha value is -1.07. The molecule has 0 aliphatic heterocycles. The smallest absolute Gasteiger partial charge is 0.102 e. The molecule has 0 atom stereocenters. The number of benzene rings is 3. The molecule has 0 bridgehead atoms. The van der Waals surface area contributed by atoms with E-state index in [1.165, 1.54) is 66.0 Å². The lowest BCUT2D eigenvalue weighted by atomic mass is 9.97. The number of nitrogens with two attached hydrogens (primary N) is 2.